The minimum absolute atomic E-state index is 0.266. The molecule has 1 amide bonds. The molecule has 28 heavy (non-hydrogen) atoms. The number of amides is 1. The highest BCUT2D eigenvalue weighted by Gasteiger charge is 2.13. The van der Waals surface area contributed by atoms with Crippen LogP contribution in [-0.2, 0) is 6.54 Å². The van der Waals surface area contributed by atoms with Crippen molar-refractivity contribution >= 4 is 17.2 Å². The van der Waals surface area contributed by atoms with Gasteiger partial charge in [0.25, 0.3) is 5.91 Å². The molecule has 0 saturated heterocycles. The molecular formula is C19H16N6O2S. The van der Waals surface area contributed by atoms with Crippen LogP contribution >= 0.6 is 11.3 Å². The fourth-order valence-electron chi connectivity index (χ4n) is 2.49. The second-order valence-corrected chi connectivity index (χ2v) is 6.60. The Kier molecular flexibility index (Phi) is 5.07. The number of carbonyl (C=O) groups is 1. The molecule has 3 heterocycles. The smallest absolute Gasteiger partial charge is 0.271 e. The molecule has 0 aliphatic rings. The first-order valence-electron chi connectivity index (χ1n) is 8.43. The molecule has 0 saturated carbocycles. The molecule has 140 valence electrons. The van der Waals surface area contributed by atoms with Gasteiger partial charge in [-0.25, -0.2) is 19.6 Å². The van der Waals surface area contributed by atoms with E-state index in [1.165, 1.54) is 11.3 Å². The van der Waals surface area contributed by atoms with Gasteiger partial charge in [0, 0.05) is 24.0 Å². The number of aromatic nitrogens is 5. The summed E-state index contributed by atoms with van der Waals surface area (Å²) >= 11 is 1.33. The van der Waals surface area contributed by atoms with Gasteiger partial charge in [-0.1, -0.05) is 0 Å². The lowest BCUT2D eigenvalue weighted by atomic mass is 10.3. The van der Waals surface area contributed by atoms with Gasteiger partial charge in [0.1, 0.15) is 11.4 Å². The molecule has 0 unspecified atom stereocenters. The second kappa shape index (κ2) is 7.97. The van der Waals surface area contributed by atoms with Gasteiger partial charge in [0.2, 0.25) is 0 Å². The van der Waals surface area contributed by atoms with Crippen molar-refractivity contribution in [2.45, 2.75) is 6.54 Å². The van der Waals surface area contributed by atoms with Crippen molar-refractivity contribution in [2.75, 3.05) is 7.11 Å². The maximum absolute atomic E-state index is 12.4. The Morgan fingerprint density at radius 3 is 2.71 bits per heavy atom. The number of nitrogens with one attached hydrogen (secondary N) is 1. The Hall–Kier alpha value is -3.59. The fraction of sp³-hybridized carbons (Fsp3) is 0.105. The normalized spacial score (nSPS) is 10.6. The van der Waals surface area contributed by atoms with Crippen molar-refractivity contribution in [3.63, 3.8) is 0 Å². The van der Waals surface area contributed by atoms with E-state index >= 15 is 0 Å². The molecule has 0 fully saturated rings. The lowest BCUT2D eigenvalue weighted by Crippen LogP contribution is -2.23. The summed E-state index contributed by atoms with van der Waals surface area (Å²) in [6, 6.07) is 11.2. The van der Waals surface area contributed by atoms with E-state index in [0.29, 0.717) is 23.1 Å². The Bertz CT molecular complexity index is 1080. The SMILES string of the molecule is COc1ccc(-n2ccc(CNC(=O)c3csc(-c4ncccn4)n3)n2)cc1. The fourth-order valence-corrected chi connectivity index (χ4v) is 3.23. The molecule has 1 aromatic carbocycles. The summed E-state index contributed by atoms with van der Waals surface area (Å²) in [5.41, 5.74) is 1.98. The molecule has 1 N–H and O–H groups in total. The molecule has 0 aliphatic heterocycles. The van der Waals surface area contributed by atoms with Crippen LogP contribution in [0.3, 0.4) is 0 Å². The van der Waals surface area contributed by atoms with Crippen molar-refractivity contribution in [1.29, 1.82) is 0 Å². The minimum atomic E-state index is -0.266. The highest BCUT2D eigenvalue weighted by molar-refractivity contribution is 7.13. The molecule has 0 radical (unpaired) electrons. The molecule has 4 rings (SSSR count). The van der Waals surface area contributed by atoms with Gasteiger partial charge in [-0.15, -0.1) is 11.3 Å². The number of rotatable bonds is 6. The zero-order valence-electron chi connectivity index (χ0n) is 14.9. The lowest BCUT2D eigenvalue weighted by Gasteiger charge is -2.03. The van der Waals surface area contributed by atoms with Crippen LogP contribution in [0.25, 0.3) is 16.5 Å². The van der Waals surface area contributed by atoms with Crippen LogP contribution in [-0.4, -0.2) is 37.7 Å². The molecule has 0 atom stereocenters. The maximum atomic E-state index is 12.4. The van der Waals surface area contributed by atoms with Crippen LogP contribution in [0.5, 0.6) is 5.75 Å². The zero-order chi connectivity index (χ0) is 19.3. The standard InChI is InChI=1S/C19H16N6O2S/c1-27-15-5-3-14(4-6-15)25-10-7-13(24-25)11-22-18(26)16-12-28-19(23-16)17-20-8-2-9-21-17/h2-10,12H,11H2,1H3,(H,22,26). The maximum Gasteiger partial charge on any atom is 0.271 e. The summed E-state index contributed by atoms with van der Waals surface area (Å²) in [6.45, 7) is 0.302. The van der Waals surface area contributed by atoms with Crippen LogP contribution in [0.15, 0.2) is 60.4 Å². The van der Waals surface area contributed by atoms with Gasteiger partial charge in [0.15, 0.2) is 10.8 Å². The Labute approximate surface area is 164 Å². The predicted molar refractivity (Wildman–Crippen MR) is 104 cm³/mol. The quantitative estimate of drug-likeness (QED) is 0.542. The van der Waals surface area contributed by atoms with Crippen LogP contribution in [0.1, 0.15) is 16.2 Å². The Morgan fingerprint density at radius 2 is 1.96 bits per heavy atom. The first-order valence-corrected chi connectivity index (χ1v) is 9.31. The van der Waals surface area contributed by atoms with E-state index in [-0.39, 0.29) is 5.91 Å². The van der Waals surface area contributed by atoms with Gasteiger partial charge in [-0.2, -0.15) is 5.10 Å². The third kappa shape index (κ3) is 3.89. The number of methoxy groups -OCH3 is 1. The van der Waals surface area contributed by atoms with Crippen LogP contribution in [0.4, 0.5) is 0 Å². The van der Waals surface area contributed by atoms with Gasteiger partial charge in [0.05, 0.1) is 25.0 Å². The molecule has 9 heteroatoms. The van der Waals surface area contributed by atoms with E-state index in [1.807, 2.05) is 36.5 Å². The van der Waals surface area contributed by atoms with Gasteiger partial charge in [-0.05, 0) is 36.4 Å². The number of hydrogen-bond acceptors (Lipinski definition) is 7. The van der Waals surface area contributed by atoms with E-state index < -0.39 is 0 Å². The molecule has 3 aromatic heterocycles. The first kappa shape index (κ1) is 17.8. The Balaban J connectivity index is 1.39. The average molecular weight is 392 g/mol. The minimum Gasteiger partial charge on any atom is -0.497 e. The van der Waals surface area contributed by atoms with Crippen molar-refractivity contribution in [2.24, 2.45) is 0 Å². The number of benzene rings is 1. The van der Waals surface area contributed by atoms with E-state index in [0.717, 1.165) is 17.1 Å². The van der Waals surface area contributed by atoms with Crippen LogP contribution in [0, 0.1) is 0 Å². The van der Waals surface area contributed by atoms with Gasteiger partial charge in [-0.3, -0.25) is 4.79 Å². The number of ether oxygens (including phenoxy) is 1. The van der Waals surface area contributed by atoms with E-state index in [2.05, 4.69) is 25.4 Å². The summed E-state index contributed by atoms with van der Waals surface area (Å²) in [6.07, 6.45) is 5.13. The van der Waals surface area contributed by atoms with Crippen molar-refractivity contribution < 1.29 is 9.53 Å². The molecule has 8 nitrogen and oxygen atoms in total. The van der Waals surface area contributed by atoms with Crippen molar-refractivity contribution in [3.05, 3.63) is 71.8 Å². The van der Waals surface area contributed by atoms with Crippen molar-refractivity contribution in [3.8, 4) is 22.3 Å². The number of thiazole rings is 1. The first-order chi connectivity index (χ1) is 13.7. The van der Waals surface area contributed by atoms with Crippen molar-refractivity contribution in [1.82, 2.24) is 30.0 Å². The monoisotopic (exact) mass is 392 g/mol. The number of carbonyl (C=O) groups excluding carboxylic acids is 1. The molecule has 0 spiro atoms. The third-order valence-corrected chi connectivity index (χ3v) is 4.74. The predicted octanol–water partition coefficient (Wildman–Crippen LogP) is 2.72. The van der Waals surface area contributed by atoms with E-state index in [4.69, 9.17) is 4.74 Å². The second-order valence-electron chi connectivity index (χ2n) is 5.74. The summed E-state index contributed by atoms with van der Waals surface area (Å²) in [7, 11) is 1.63. The summed E-state index contributed by atoms with van der Waals surface area (Å²) in [5, 5.41) is 9.61. The van der Waals surface area contributed by atoms with E-state index in [1.54, 1.807) is 35.6 Å². The highest BCUT2D eigenvalue weighted by atomic mass is 32.1. The summed E-state index contributed by atoms with van der Waals surface area (Å²) in [4.78, 5) is 24.9. The zero-order valence-corrected chi connectivity index (χ0v) is 15.8. The van der Waals surface area contributed by atoms with E-state index in [9.17, 15) is 4.79 Å². The highest BCUT2D eigenvalue weighted by Crippen LogP contribution is 2.19. The Morgan fingerprint density at radius 1 is 1.18 bits per heavy atom. The molecule has 4 aromatic rings. The lowest BCUT2D eigenvalue weighted by molar-refractivity contribution is 0.0946. The largest absolute Gasteiger partial charge is 0.497 e. The van der Waals surface area contributed by atoms with Crippen LogP contribution < -0.4 is 10.1 Å². The van der Waals surface area contributed by atoms with Gasteiger partial charge >= 0.3 is 0 Å². The summed E-state index contributed by atoms with van der Waals surface area (Å²) in [5.74, 6) is 1.02. The number of nitrogens with zero attached hydrogens (tertiary/aromatic N) is 5. The topological polar surface area (TPSA) is 94.8 Å². The average Bonchev–Trinajstić information content (AvgIpc) is 3.43. The molecular weight excluding hydrogens is 376 g/mol. The third-order valence-electron chi connectivity index (χ3n) is 3.91. The van der Waals surface area contributed by atoms with Gasteiger partial charge < -0.3 is 10.1 Å². The summed E-state index contributed by atoms with van der Waals surface area (Å²) < 4.78 is 6.90. The molecule has 0 bridgehead atoms. The van der Waals surface area contributed by atoms with Crippen LogP contribution in [0.2, 0.25) is 0 Å². The number of hydrogen-bond donors (Lipinski definition) is 1. The molecule has 0 aliphatic carbocycles.